The fraction of sp³-hybridized carbons (Fsp3) is 0.167. The van der Waals surface area contributed by atoms with Crippen LogP contribution in [-0.4, -0.2) is 5.00 Å². The molecule has 0 bridgehead atoms. The Balaban J connectivity index is 2.66. The van der Waals surface area contributed by atoms with Gasteiger partial charge in [-0.05, 0) is 42.0 Å². The number of allylic oxidation sites excluding steroid dienone is 2. The molecule has 0 spiro atoms. The van der Waals surface area contributed by atoms with Gasteiger partial charge in [0.15, 0.2) is 0 Å². The van der Waals surface area contributed by atoms with Gasteiger partial charge in [0.05, 0.1) is 5.54 Å². The summed E-state index contributed by atoms with van der Waals surface area (Å²) in [6.07, 6.45) is 4.70. The van der Waals surface area contributed by atoms with Crippen LogP contribution in [0.5, 0.6) is 0 Å². The van der Waals surface area contributed by atoms with E-state index in [9.17, 15) is 0 Å². The molecule has 18 heavy (non-hydrogen) atoms. The molecule has 1 aliphatic rings. The van der Waals surface area contributed by atoms with Gasteiger partial charge >= 0.3 is 0 Å². The van der Waals surface area contributed by atoms with Gasteiger partial charge in [0, 0.05) is 15.1 Å². The average Bonchev–Trinajstić information content (AvgIpc) is 2.28. The number of nitrogens with two attached hydrogens (primary N) is 2. The quantitative estimate of drug-likeness (QED) is 0.611. The Morgan fingerprint density at radius 2 is 1.72 bits per heavy atom. The van der Waals surface area contributed by atoms with Gasteiger partial charge in [0.25, 0.3) is 0 Å². The van der Waals surface area contributed by atoms with E-state index < -0.39 is 10.5 Å². The molecule has 0 aromatic heterocycles. The zero-order valence-corrected chi connectivity index (χ0v) is 12.2. The Morgan fingerprint density at radius 1 is 1.06 bits per heavy atom. The maximum atomic E-state index is 6.31. The van der Waals surface area contributed by atoms with E-state index >= 15 is 0 Å². The number of rotatable bonds is 1. The highest BCUT2D eigenvalue weighted by Crippen LogP contribution is 2.42. The van der Waals surface area contributed by atoms with E-state index in [1.54, 1.807) is 30.4 Å². The molecule has 2 atom stereocenters. The maximum Gasteiger partial charge on any atom is 0.136 e. The van der Waals surface area contributed by atoms with Crippen molar-refractivity contribution in [1.82, 2.24) is 0 Å². The molecule has 0 heterocycles. The lowest BCUT2D eigenvalue weighted by atomic mass is 9.80. The van der Waals surface area contributed by atoms with Crippen LogP contribution in [0.15, 0.2) is 41.5 Å². The SMILES string of the molecule is NC1(Cl)C=CC(Cl)=CC1(N)c1cc(Cl)ccc1Cl. The van der Waals surface area contributed by atoms with Crippen molar-refractivity contribution in [3.05, 3.63) is 57.1 Å². The Morgan fingerprint density at radius 3 is 2.39 bits per heavy atom. The maximum absolute atomic E-state index is 6.31. The van der Waals surface area contributed by atoms with Crippen molar-refractivity contribution in [2.75, 3.05) is 0 Å². The molecular formula is C12H10Cl4N2. The molecule has 2 nitrogen and oxygen atoms in total. The van der Waals surface area contributed by atoms with E-state index in [0.717, 1.165) is 0 Å². The summed E-state index contributed by atoms with van der Waals surface area (Å²) >= 11 is 24.3. The van der Waals surface area contributed by atoms with Gasteiger partial charge < -0.3 is 11.5 Å². The number of halogens is 4. The summed E-state index contributed by atoms with van der Waals surface area (Å²) in [5.74, 6) is 0. The van der Waals surface area contributed by atoms with Crippen LogP contribution in [-0.2, 0) is 5.54 Å². The fourth-order valence-corrected chi connectivity index (χ4v) is 2.71. The predicted molar refractivity (Wildman–Crippen MR) is 78.2 cm³/mol. The number of hydrogen-bond donors (Lipinski definition) is 2. The summed E-state index contributed by atoms with van der Waals surface area (Å²) in [7, 11) is 0. The van der Waals surface area contributed by atoms with Gasteiger partial charge in [-0.3, -0.25) is 0 Å². The van der Waals surface area contributed by atoms with Gasteiger partial charge in [-0.1, -0.05) is 46.4 Å². The zero-order valence-electron chi connectivity index (χ0n) is 9.13. The highest BCUT2D eigenvalue weighted by Gasteiger charge is 2.46. The molecule has 0 saturated carbocycles. The lowest BCUT2D eigenvalue weighted by Gasteiger charge is -2.40. The normalized spacial score (nSPS) is 31.3. The second-order valence-electron chi connectivity index (χ2n) is 4.12. The molecule has 4 N–H and O–H groups in total. The zero-order chi connectivity index (χ0) is 13.6. The van der Waals surface area contributed by atoms with E-state index in [4.69, 9.17) is 57.9 Å². The minimum absolute atomic E-state index is 0.424. The molecule has 1 aliphatic carbocycles. The van der Waals surface area contributed by atoms with Crippen LogP contribution in [0.1, 0.15) is 5.56 Å². The standard InChI is InChI=1S/C12H10Cl4N2/c13-7-1-2-10(15)9(5-7)11(17)6-8(14)3-4-12(11,16)18/h1-6H,17-18H2. The number of hydrogen-bond acceptors (Lipinski definition) is 2. The number of benzene rings is 1. The van der Waals surface area contributed by atoms with Crippen LogP contribution in [0.3, 0.4) is 0 Å². The van der Waals surface area contributed by atoms with Crippen LogP contribution in [0.4, 0.5) is 0 Å². The molecule has 1 aromatic carbocycles. The minimum Gasteiger partial charge on any atom is -0.315 e. The highest BCUT2D eigenvalue weighted by molar-refractivity contribution is 6.35. The lowest BCUT2D eigenvalue weighted by molar-refractivity contribution is 0.446. The fourth-order valence-electron chi connectivity index (χ4n) is 1.81. The van der Waals surface area contributed by atoms with Crippen molar-refractivity contribution < 1.29 is 0 Å². The summed E-state index contributed by atoms with van der Waals surface area (Å²) in [4.78, 5) is -1.33. The first kappa shape index (κ1) is 14.2. The Bertz CT molecular complexity index is 551. The molecule has 0 aliphatic heterocycles. The predicted octanol–water partition coefficient (Wildman–Crippen LogP) is 3.73. The van der Waals surface area contributed by atoms with E-state index in [1.165, 1.54) is 6.08 Å². The van der Waals surface area contributed by atoms with Gasteiger partial charge in [-0.2, -0.15) is 0 Å². The molecule has 96 valence electrons. The van der Waals surface area contributed by atoms with Crippen molar-refractivity contribution in [3.63, 3.8) is 0 Å². The summed E-state index contributed by atoms with van der Waals surface area (Å²) in [6, 6.07) is 4.93. The van der Waals surface area contributed by atoms with Crippen molar-refractivity contribution in [2.24, 2.45) is 11.5 Å². The van der Waals surface area contributed by atoms with Crippen LogP contribution in [0, 0.1) is 0 Å². The van der Waals surface area contributed by atoms with Gasteiger partial charge in [0.2, 0.25) is 0 Å². The molecular weight excluding hydrogens is 314 g/mol. The van der Waals surface area contributed by atoms with Gasteiger partial charge in [-0.25, -0.2) is 0 Å². The van der Waals surface area contributed by atoms with Crippen LogP contribution in [0.2, 0.25) is 10.0 Å². The Labute approximate surface area is 125 Å². The first-order valence-corrected chi connectivity index (χ1v) is 6.57. The third-order valence-electron chi connectivity index (χ3n) is 2.86. The first-order valence-electron chi connectivity index (χ1n) is 5.06. The molecule has 2 rings (SSSR count). The third kappa shape index (κ3) is 2.29. The first-order chi connectivity index (χ1) is 8.26. The molecule has 0 radical (unpaired) electrons. The second kappa shape index (κ2) is 4.71. The monoisotopic (exact) mass is 322 g/mol. The average molecular weight is 324 g/mol. The summed E-state index contributed by atoms with van der Waals surface area (Å²) < 4.78 is 0. The van der Waals surface area contributed by atoms with Crippen LogP contribution >= 0.6 is 46.4 Å². The molecule has 6 heteroatoms. The second-order valence-corrected chi connectivity index (χ2v) is 6.03. The topological polar surface area (TPSA) is 52.0 Å². The van der Waals surface area contributed by atoms with E-state index in [2.05, 4.69) is 0 Å². The Hall–Kier alpha value is -0.220. The van der Waals surface area contributed by atoms with Crippen LogP contribution in [0.25, 0.3) is 0 Å². The van der Waals surface area contributed by atoms with Crippen molar-refractivity contribution in [2.45, 2.75) is 10.5 Å². The number of alkyl halides is 1. The smallest absolute Gasteiger partial charge is 0.136 e. The third-order valence-corrected chi connectivity index (χ3v) is 4.10. The van der Waals surface area contributed by atoms with Crippen LogP contribution < -0.4 is 11.5 Å². The molecule has 1 aromatic rings. The van der Waals surface area contributed by atoms with Gasteiger partial charge in [-0.15, -0.1) is 0 Å². The largest absolute Gasteiger partial charge is 0.315 e. The van der Waals surface area contributed by atoms with Crippen molar-refractivity contribution >= 4 is 46.4 Å². The molecule has 0 fully saturated rings. The summed E-state index contributed by atoms with van der Waals surface area (Å²) in [5.41, 5.74) is 11.6. The minimum atomic E-state index is -1.33. The molecule has 0 saturated heterocycles. The lowest BCUT2D eigenvalue weighted by Crippen LogP contribution is -2.59. The highest BCUT2D eigenvalue weighted by atomic mass is 35.5. The van der Waals surface area contributed by atoms with Gasteiger partial charge in [0.1, 0.15) is 5.00 Å². The van der Waals surface area contributed by atoms with E-state index in [0.29, 0.717) is 20.6 Å². The molecule has 0 amide bonds. The van der Waals surface area contributed by atoms with Crippen molar-refractivity contribution in [3.8, 4) is 0 Å². The van der Waals surface area contributed by atoms with E-state index in [1.807, 2.05) is 0 Å². The Kier molecular flexibility index (Phi) is 3.72. The summed E-state index contributed by atoms with van der Waals surface area (Å²) in [5, 5.41) is 1.36. The molecule has 2 unspecified atom stereocenters. The summed E-state index contributed by atoms with van der Waals surface area (Å²) in [6.45, 7) is 0. The van der Waals surface area contributed by atoms with E-state index in [-0.39, 0.29) is 0 Å². The van der Waals surface area contributed by atoms with Crippen molar-refractivity contribution in [1.29, 1.82) is 0 Å².